The maximum atomic E-state index is 17.8. The van der Waals surface area contributed by atoms with Gasteiger partial charge in [-0.1, -0.05) is 170 Å². The molecule has 0 aliphatic heterocycles. The Balaban J connectivity index is 1.20. The first-order valence-electron chi connectivity index (χ1n) is 21.3. The highest BCUT2D eigenvalue weighted by Gasteiger charge is 2.41. The van der Waals surface area contributed by atoms with Gasteiger partial charge in [0.15, 0.2) is 11.6 Å². The van der Waals surface area contributed by atoms with E-state index in [9.17, 15) is 0 Å². The number of hydrogen-bond acceptors (Lipinski definition) is 7. The number of aromatic nitrogens is 9. The molecule has 0 amide bonds. The van der Waals surface area contributed by atoms with Gasteiger partial charge in [0.05, 0.1) is 33.1 Å². The standard InChI is InChI=1S/C54H34N9OP/c64-65(63-47-33-17-11-27-41(47)42-28-12-18-34-48(42)63,53-57-49(35-19-3-1-4-20-35)55-51(59-53)61-43-29-13-7-23-37(43)38-24-8-14-30-44(38)61)54-58-50(36-21-5-2-6-22-36)56-52(60-54)62-45-31-15-9-25-39(45)40-26-10-16-32-46(40)62/h1-34H. The molecule has 5 aromatic heterocycles. The Kier molecular flexibility index (Phi) is 8.25. The van der Waals surface area contributed by atoms with E-state index in [-0.39, 0.29) is 11.1 Å². The molecule has 65 heavy (non-hydrogen) atoms. The molecular weight excluding hydrogens is 822 g/mol. The first-order chi connectivity index (χ1) is 32.1. The minimum absolute atomic E-state index is 0.0214. The topological polar surface area (TPSA) is 109 Å². The Morgan fingerprint density at radius 3 is 0.908 bits per heavy atom. The average molecular weight is 856 g/mol. The van der Waals surface area contributed by atoms with Crippen molar-refractivity contribution in [2.45, 2.75) is 0 Å². The number of nitrogens with zero attached hydrogens (tertiary/aromatic N) is 9. The van der Waals surface area contributed by atoms with Gasteiger partial charge in [-0.05, 0) is 36.4 Å². The van der Waals surface area contributed by atoms with Gasteiger partial charge in [-0.2, -0.15) is 19.9 Å². The maximum absolute atomic E-state index is 17.8. The van der Waals surface area contributed by atoms with E-state index in [0.717, 1.165) is 76.5 Å². The molecule has 0 aliphatic carbocycles. The summed E-state index contributed by atoms with van der Waals surface area (Å²) in [5.41, 5.74) is 6.55. The Morgan fingerprint density at radius 1 is 0.292 bits per heavy atom. The van der Waals surface area contributed by atoms with Crippen LogP contribution >= 0.6 is 7.29 Å². The third kappa shape index (κ3) is 5.64. The van der Waals surface area contributed by atoms with E-state index in [2.05, 4.69) is 60.7 Å². The summed E-state index contributed by atoms with van der Waals surface area (Å²) in [6.07, 6.45) is 0. The summed E-state index contributed by atoms with van der Waals surface area (Å²) in [6.45, 7) is 0. The van der Waals surface area contributed by atoms with Gasteiger partial charge >= 0.3 is 7.29 Å². The van der Waals surface area contributed by atoms with Crippen molar-refractivity contribution >= 4 is 83.8 Å². The molecule has 0 aliphatic rings. The smallest absolute Gasteiger partial charge is 0.283 e. The fourth-order valence-electron chi connectivity index (χ4n) is 9.36. The van der Waals surface area contributed by atoms with Crippen LogP contribution in [-0.4, -0.2) is 43.4 Å². The summed E-state index contributed by atoms with van der Waals surface area (Å²) in [5, 5.41) is 6.00. The number of hydrogen-bond donors (Lipinski definition) is 0. The molecule has 13 rings (SSSR count). The molecule has 10 nitrogen and oxygen atoms in total. The fourth-order valence-corrected chi connectivity index (χ4v) is 11.8. The molecule has 0 radical (unpaired) electrons. The molecule has 0 saturated heterocycles. The van der Waals surface area contributed by atoms with Crippen LogP contribution in [0.15, 0.2) is 206 Å². The van der Waals surface area contributed by atoms with Gasteiger partial charge in [-0.3, -0.25) is 18.0 Å². The summed E-state index contributed by atoms with van der Waals surface area (Å²) in [4.78, 5) is 31.7. The van der Waals surface area contributed by atoms with Gasteiger partial charge < -0.3 is 0 Å². The minimum Gasteiger partial charge on any atom is -0.283 e. The zero-order valence-corrected chi connectivity index (χ0v) is 35.4. The number of para-hydroxylation sites is 6. The van der Waals surface area contributed by atoms with Crippen molar-refractivity contribution < 1.29 is 4.57 Å². The third-order valence-electron chi connectivity index (χ3n) is 12.2. The summed E-state index contributed by atoms with van der Waals surface area (Å²) < 4.78 is 23.7. The Hall–Kier alpha value is -8.59. The van der Waals surface area contributed by atoms with Crippen molar-refractivity contribution in [2.75, 3.05) is 0 Å². The lowest BCUT2D eigenvalue weighted by Gasteiger charge is -2.22. The molecule has 0 bridgehead atoms. The predicted molar refractivity (Wildman–Crippen MR) is 261 cm³/mol. The molecule has 8 aromatic carbocycles. The number of fused-ring (bicyclic) bond motifs is 9. The fraction of sp³-hybridized carbons (Fsp3) is 0. The average Bonchev–Trinajstić information content (AvgIpc) is 4.03. The third-order valence-corrected chi connectivity index (χ3v) is 14.7. The maximum Gasteiger partial charge on any atom is 0.306 e. The summed E-state index contributed by atoms with van der Waals surface area (Å²) >= 11 is 0. The van der Waals surface area contributed by atoms with Crippen molar-refractivity contribution in [3.05, 3.63) is 206 Å². The second-order valence-electron chi connectivity index (χ2n) is 15.9. The quantitative estimate of drug-likeness (QED) is 0.147. The highest BCUT2D eigenvalue weighted by atomic mass is 31.2. The lowest BCUT2D eigenvalue weighted by Crippen LogP contribution is -2.33. The van der Waals surface area contributed by atoms with Gasteiger partial charge in [-0.15, -0.1) is 0 Å². The van der Waals surface area contributed by atoms with Gasteiger partial charge in [0.1, 0.15) is 0 Å². The van der Waals surface area contributed by atoms with E-state index in [1.807, 2.05) is 159 Å². The second kappa shape index (κ2) is 14.5. The van der Waals surface area contributed by atoms with Gasteiger partial charge in [0.25, 0.3) is 0 Å². The van der Waals surface area contributed by atoms with Crippen molar-refractivity contribution in [2.24, 2.45) is 0 Å². The van der Waals surface area contributed by atoms with Gasteiger partial charge in [0.2, 0.25) is 23.0 Å². The summed E-state index contributed by atoms with van der Waals surface area (Å²) in [6, 6.07) is 68.3. The van der Waals surface area contributed by atoms with Crippen LogP contribution in [0.2, 0.25) is 0 Å². The SMILES string of the molecule is O=P(c1nc(-c2ccccc2)nc(-n2c3ccccc3c3ccccc32)n1)(c1nc(-c2ccccc2)nc(-n2c3ccccc3c3ccccc32)n1)n1c2ccccc2c2ccccc21. The monoisotopic (exact) mass is 855 g/mol. The molecule has 13 aromatic rings. The van der Waals surface area contributed by atoms with E-state index in [1.165, 1.54) is 0 Å². The van der Waals surface area contributed by atoms with Crippen LogP contribution in [0.3, 0.4) is 0 Å². The van der Waals surface area contributed by atoms with Crippen LogP contribution in [0.5, 0.6) is 0 Å². The van der Waals surface area contributed by atoms with Crippen LogP contribution in [0.1, 0.15) is 0 Å². The molecule has 11 heteroatoms. The molecule has 0 saturated carbocycles. The van der Waals surface area contributed by atoms with E-state index in [1.54, 1.807) is 0 Å². The Morgan fingerprint density at radius 2 is 0.569 bits per heavy atom. The van der Waals surface area contributed by atoms with E-state index in [0.29, 0.717) is 23.5 Å². The van der Waals surface area contributed by atoms with E-state index < -0.39 is 7.29 Å². The first-order valence-corrected chi connectivity index (χ1v) is 23.0. The molecule has 0 fully saturated rings. The lowest BCUT2D eigenvalue weighted by atomic mass is 10.2. The van der Waals surface area contributed by atoms with Crippen molar-refractivity contribution in [3.8, 4) is 34.7 Å². The van der Waals surface area contributed by atoms with Crippen LogP contribution < -0.4 is 11.1 Å². The van der Waals surface area contributed by atoms with Crippen molar-refractivity contribution in [1.82, 2.24) is 43.4 Å². The summed E-state index contributed by atoms with van der Waals surface area (Å²) in [7, 11) is -4.45. The molecule has 0 atom stereocenters. The molecule has 0 spiro atoms. The van der Waals surface area contributed by atoms with Gasteiger partial charge in [0, 0.05) is 43.4 Å². The zero-order chi connectivity index (χ0) is 43.1. The highest BCUT2D eigenvalue weighted by Crippen LogP contribution is 2.50. The Bertz CT molecular complexity index is 3700. The lowest BCUT2D eigenvalue weighted by molar-refractivity contribution is 0.580. The predicted octanol–water partition coefficient (Wildman–Crippen LogP) is 11.5. The normalized spacial score (nSPS) is 12.1. The van der Waals surface area contributed by atoms with Crippen LogP contribution in [0.4, 0.5) is 0 Å². The second-order valence-corrected chi connectivity index (χ2v) is 18.3. The number of benzene rings is 8. The molecule has 5 heterocycles. The minimum atomic E-state index is -4.45. The molecule has 306 valence electrons. The zero-order valence-electron chi connectivity index (χ0n) is 34.5. The molecular formula is C54H34N9OP. The van der Waals surface area contributed by atoms with Crippen molar-refractivity contribution in [3.63, 3.8) is 0 Å². The van der Waals surface area contributed by atoms with Crippen molar-refractivity contribution in [1.29, 1.82) is 0 Å². The van der Waals surface area contributed by atoms with E-state index in [4.69, 9.17) is 29.9 Å². The first kappa shape index (κ1) is 37.0. The van der Waals surface area contributed by atoms with Gasteiger partial charge in [-0.25, -0.2) is 9.97 Å². The van der Waals surface area contributed by atoms with Crippen LogP contribution in [0.25, 0.3) is 100 Å². The number of rotatable bonds is 7. The molecule has 0 unspecified atom stereocenters. The Labute approximate surface area is 371 Å². The highest BCUT2D eigenvalue weighted by molar-refractivity contribution is 7.76. The van der Waals surface area contributed by atoms with E-state index >= 15 is 4.57 Å². The summed E-state index contributed by atoms with van der Waals surface area (Å²) in [5.74, 6) is 1.33. The van der Waals surface area contributed by atoms with Crippen LogP contribution in [0, 0.1) is 0 Å². The largest absolute Gasteiger partial charge is 0.306 e. The van der Waals surface area contributed by atoms with Crippen LogP contribution in [-0.2, 0) is 4.57 Å². The molecule has 0 N–H and O–H groups in total.